The van der Waals surface area contributed by atoms with Gasteiger partial charge in [0.2, 0.25) is 0 Å². The molecule has 1 N–H and O–H groups in total. The maximum atomic E-state index is 12.0. The molecule has 0 aromatic heterocycles. The molecule has 0 heterocycles. The summed E-state index contributed by atoms with van der Waals surface area (Å²) in [6, 6.07) is 12.2. The number of ketones is 1. The van der Waals surface area contributed by atoms with Crippen LogP contribution in [0.1, 0.15) is 22.8 Å². The van der Waals surface area contributed by atoms with Crippen molar-refractivity contribution in [2.24, 2.45) is 0 Å². The minimum atomic E-state index is -0.355. The maximum Gasteiger partial charge on any atom is 0.262 e. The van der Waals surface area contributed by atoms with Crippen LogP contribution in [0.3, 0.4) is 0 Å². The number of nitrogens with one attached hydrogen (secondary N) is 1. The first-order valence-electron chi connectivity index (χ1n) is 6.76. The number of ether oxygens (including phenoxy) is 1. The van der Waals surface area contributed by atoms with Gasteiger partial charge in [-0.1, -0.05) is 29.8 Å². The van der Waals surface area contributed by atoms with Crippen molar-refractivity contribution in [3.63, 3.8) is 0 Å². The highest BCUT2D eigenvalue weighted by Gasteiger charge is 2.11. The number of carbonyl (C=O) groups excluding carboxylic acids is 2. The van der Waals surface area contributed by atoms with Crippen LogP contribution in [0, 0.1) is 6.92 Å². The molecule has 0 saturated carbocycles. The molecule has 0 aliphatic rings. The molecule has 2 aromatic carbocycles. The Hall–Kier alpha value is -2.33. The molecule has 2 aromatic rings. The molecule has 0 radical (unpaired) electrons. The zero-order valence-corrected chi connectivity index (χ0v) is 13.1. The fraction of sp³-hybridized carbons (Fsp3) is 0.176. The van der Waals surface area contributed by atoms with Gasteiger partial charge in [0.25, 0.3) is 5.91 Å². The lowest BCUT2D eigenvalue weighted by Gasteiger charge is -2.11. The normalized spacial score (nSPS) is 10.1. The van der Waals surface area contributed by atoms with Crippen LogP contribution in [-0.2, 0) is 4.79 Å². The summed E-state index contributed by atoms with van der Waals surface area (Å²) in [5.41, 5.74) is 1.92. The molecular formula is C17H16ClNO3. The highest BCUT2D eigenvalue weighted by atomic mass is 35.5. The van der Waals surface area contributed by atoms with Crippen molar-refractivity contribution in [1.29, 1.82) is 0 Å². The van der Waals surface area contributed by atoms with Gasteiger partial charge in [0.15, 0.2) is 12.4 Å². The van der Waals surface area contributed by atoms with E-state index >= 15 is 0 Å². The number of carbonyl (C=O) groups is 2. The van der Waals surface area contributed by atoms with Gasteiger partial charge in [0.1, 0.15) is 5.75 Å². The van der Waals surface area contributed by atoms with E-state index in [2.05, 4.69) is 5.32 Å². The number of aryl methyl sites for hydroxylation is 1. The van der Waals surface area contributed by atoms with E-state index in [4.69, 9.17) is 16.3 Å². The Balaban J connectivity index is 2.02. The third-order valence-corrected chi connectivity index (χ3v) is 3.34. The van der Waals surface area contributed by atoms with Crippen LogP contribution in [0.15, 0.2) is 42.5 Å². The van der Waals surface area contributed by atoms with Gasteiger partial charge in [-0.2, -0.15) is 0 Å². The quantitative estimate of drug-likeness (QED) is 0.852. The third kappa shape index (κ3) is 4.09. The van der Waals surface area contributed by atoms with E-state index < -0.39 is 0 Å². The smallest absolute Gasteiger partial charge is 0.262 e. The van der Waals surface area contributed by atoms with Crippen molar-refractivity contribution in [2.45, 2.75) is 13.8 Å². The monoisotopic (exact) mass is 317 g/mol. The Kier molecular flexibility index (Phi) is 5.17. The van der Waals surface area contributed by atoms with Crippen molar-refractivity contribution in [3.8, 4) is 5.75 Å². The zero-order valence-electron chi connectivity index (χ0n) is 12.4. The second kappa shape index (κ2) is 7.09. The Bertz CT molecular complexity index is 713. The molecule has 0 atom stereocenters. The summed E-state index contributed by atoms with van der Waals surface area (Å²) in [4.78, 5) is 23.5. The average molecular weight is 318 g/mol. The van der Waals surface area contributed by atoms with Gasteiger partial charge in [-0.3, -0.25) is 9.59 Å². The van der Waals surface area contributed by atoms with Gasteiger partial charge in [0, 0.05) is 5.56 Å². The van der Waals surface area contributed by atoms with Crippen LogP contribution in [0.2, 0.25) is 5.02 Å². The first kappa shape index (κ1) is 16.0. The van der Waals surface area contributed by atoms with Crippen molar-refractivity contribution in [2.75, 3.05) is 11.9 Å². The summed E-state index contributed by atoms with van der Waals surface area (Å²) in [5.74, 6) is -0.0125. The Morgan fingerprint density at radius 1 is 1.18 bits per heavy atom. The van der Waals surface area contributed by atoms with Crippen molar-refractivity contribution in [1.82, 2.24) is 0 Å². The number of rotatable bonds is 5. The van der Waals surface area contributed by atoms with Gasteiger partial charge in [-0.15, -0.1) is 0 Å². The molecule has 0 aliphatic carbocycles. The van der Waals surface area contributed by atoms with Crippen LogP contribution in [-0.4, -0.2) is 18.3 Å². The lowest BCUT2D eigenvalue weighted by molar-refractivity contribution is -0.118. The SMILES string of the molecule is CC(=O)c1ccccc1NC(=O)COc1cc(C)ccc1Cl. The summed E-state index contributed by atoms with van der Waals surface area (Å²) in [5, 5.41) is 3.12. The number of anilines is 1. The van der Waals surface area contributed by atoms with Crippen LogP contribution < -0.4 is 10.1 Å². The average Bonchev–Trinajstić information content (AvgIpc) is 2.48. The molecule has 5 heteroatoms. The third-order valence-electron chi connectivity index (χ3n) is 3.03. The summed E-state index contributed by atoms with van der Waals surface area (Å²) in [6.45, 7) is 3.18. The molecule has 0 spiro atoms. The van der Waals surface area contributed by atoms with E-state index in [-0.39, 0.29) is 18.3 Å². The Morgan fingerprint density at radius 2 is 1.91 bits per heavy atom. The predicted octanol–water partition coefficient (Wildman–Crippen LogP) is 3.87. The van der Waals surface area contributed by atoms with Gasteiger partial charge in [0.05, 0.1) is 10.7 Å². The number of halogens is 1. The molecule has 1 amide bonds. The molecule has 114 valence electrons. The predicted molar refractivity (Wildman–Crippen MR) is 86.8 cm³/mol. The molecule has 0 fully saturated rings. The number of hydrogen-bond acceptors (Lipinski definition) is 3. The number of para-hydroxylation sites is 1. The second-order valence-corrected chi connectivity index (χ2v) is 5.28. The van der Waals surface area contributed by atoms with Crippen LogP contribution in [0.5, 0.6) is 5.75 Å². The second-order valence-electron chi connectivity index (χ2n) is 4.87. The number of Topliss-reactive ketones (excluding diaryl/α,β-unsaturated/α-hetero) is 1. The van der Waals surface area contributed by atoms with E-state index in [9.17, 15) is 9.59 Å². The summed E-state index contributed by atoms with van der Waals surface area (Å²) >= 11 is 6.01. The van der Waals surface area contributed by atoms with Crippen LogP contribution >= 0.6 is 11.6 Å². The lowest BCUT2D eigenvalue weighted by Crippen LogP contribution is -2.21. The van der Waals surface area contributed by atoms with E-state index in [1.54, 1.807) is 36.4 Å². The summed E-state index contributed by atoms with van der Waals surface area (Å²) in [6.07, 6.45) is 0. The van der Waals surface area contributed by atoms with Crippen LogP contribution in [0.4, 0.5) is 5.69 Å². The van der Waals surface area contributed by atoms with Gasteiger partial charge in [-0.25, -0.2) is 0 Å². The Morgan fingerprint density at radius 3 is 2.64 bits per heavy atom. The molecule has 0 unspecified atom stereocenters. The van der Waals surface area contributed by atoms with Crippen molar-refractivity contribution in [3.05, 3.63) is 58.6 Å². The minimum Gasteiger partial charge on any atom is -0.482 e. The molecule has 0 bridgehead atoms. The highest BCUT2D eigenvalue weighted by molar-refractivity contribution is 6.32. The maximum absolute atomic E-state index is 12.0. The minimum absolute atomic E-state index is 0.112. The van der Waals surface area contributed by atoms with Crippen molar-refractivity contribution < 1.29 is 14.3 Å². The summed E-state index contributed by atoms with van der Waals surface area (Å²) in [7, 11) is 0. The fourth-order valence-electron chi connectivity index (χ4n) is 1.95. The number of hydrogen-bond donors (Lipinski definition) is 1. The van der Waals surface area contributed by atoms with Gasteiger partial charge >= 0.3 is 0 Å². The van der Waals surface area contributed by atoms with Gasteiger partial charge < -0.3 is 10.1 Å². The van der Waals surface area contributed by atoms with E-state index in [1.807, 2.05) is 13.0 Å². The highest BCUT2D eigenvalue weighted by Crippen LogP contribution is 2.25. The fourth-order valence-corrected chi connectivity index (χ4v) is 2.12. The van der Waals surface area contributed by atoms with E-state index in [0.29, 0.717) is 22.0 Å². The van der Waals surface area contributed by atoms with Gasteiger partial charge in [-0.05, 0) is 43.7 Å². The molecule has 2 rings (SSSR count). The topological polar surface area (TPSA) is 55.4 Å². The molecule has 22 heavy (non-hydrogen) atoms. The largest absolute Gasteiger partial charge is 0.482 e. The first-order valence-corrected chi connectivity index (χ1v) is 7.14. The van der Waals surface area contributed by atoms with Crippen molar-refractivity contribution >= 4 is 29.0 Å². The number of amides is 1. The van der Waals surface area contributed by atoms with E-state index in [1.165, 1.54) is 6.92 Å². The van der Waals surface area contributed by atoms with E-state index in [0.717, 1.165) is 5.56 Å². The number of benzene rings is 2. The first-order chi connectivity index (χ1) is 10.5. The van der Waals surface area contributed by atoms with Crippen LogP contribution in [0.25, 0.3) is 0 Å². The molecule has 0 saturated heterocycles. The Labute approximate surface area is 134 Å². The molecular weight excluding hydrogens is 302 g/mol. The zero-order chi connectivity index (χ0) is 16.1. The summed E-state index contributed by atoms with van der Waals surface area (Å²) < 4.78 is 5.42. The standard InChI is InChI=1S/C17H16ClNO3/c1-11-7-8-14(18)16(9-11)22-10-17(21)19-15-6-4-3-5-13(15)12(2)20/h3-9H,10H2,1-2H3,(H,19,21). The lowest BCUT2D eigenvalue weighted by atomic mass is 10.1. The molecule has 0 aliphatic heterocycles. The molecule has 4 nitrogen and oxygen atoms in total.